The monoisotopic (exact) mass is 467 g/mol. The van der Waals surface area contributed by atoms with Gasteiger partial charge in [-0.3, -0.25) is 3.11 Å². The summed E-state index contributed by atoms with van der Waals surface area (Å²) in [7, 11) is 0. The lowest BCUT2D eigenvalue weighted by molar-refractivity contribution is -0.136. The molecule has 1 aromatic heterocycles. The van der Waals surface area contributed by atoms with Gasteiger partial charge < -0.3 is 4.42 Å². The first kappa shape index (κ1) is 17.2. The molecule has 0 unspecified atom stereocenters. The molecule has 0 fully saturated rings. The maximum Gasteiger partial charge on any atom is 0.420 e. The zero-order chi connectivity index (χ0) is 18.5. The van der Waals surface area contributed by atoms with E-state index in [1.165, 1.54) is 6.07 Å². The Morgan fingerprint density at radius 2 is 1.42 bits per heavy atom. The van der Waals surface area contributed by atoms with Crippen molar-refractivity contribution in [3.63, 3.8) is 0 Å². The van der Waals surface area contributed by atoms with Crippen molar-refractivity contribution >= 4 is 56.2 Å². The Bertz CT molecular complexity index is 1120. The van der Waals surface area contributed by atoms with Crippen LogP contribution in [0.2, 0.25) is 0 Å². The third-order valence-electron chi connectivity index (χ3n) is 4.35. The van der Waals surface area contributed by atoms with Crippen LogP contribution in [-0.2, 0) is 6.18 Å². The van der Waals surface area contributed by atoms with Crippen molar-refractivity contribution in [2.45, 2.75) is 13.1 Å². The van der Waals surface area contributed by atoms with Gasteiger partial charge >= 0.3 is 6.18 Å². The third kappa shape index (κ3) is 2.72. The van der Waals surface area contributed by atoms with Gasteiger partial charge in [-0.2, -0.15) is 13.2 Å². The lowest BCUT2D eigenvalue weighted by Crippen LogP contribution is -2.04. The van der Waals surface area contributed by atoms with Crippen LogP contribution >= 0.6 is 22.9 Å². The van der Waals surface area contributed by atoms with Crippen molar-refractivity contribution in [1.82, 2.24) is 0 Å². The van der Waals surface area contributed by atoms with Gasteiger partial charge in [0.05, 0.1) is 39.8 Å². The van der Waals surface area contributed by atoms with Gasteiger partial charge in [-0.05, 0) is 30.7 Å². The second-order valence-corrected chi connectivity index (χ2v) is 6.97. The molecule has 0 aliphatic rings. The Hall–Kier alpha value is -2.22. The molecule has 0 radical (unpaired) electrons. The van der Waals surface area contributed by atoms with E-state index in [1.54, 1.807) is 12.1 Å². The van der Waals surface area contributed by atoms with Crippen LogP contribution in [0, 0.1) is 6.92 Å². The number of halogens is 4. The van der Waals surface area contributed by atoms with Crippen LogP contribution in [-0.4, -0.2) is 0 Å². The molecule has 1 heterocycles. The Morgan fingerprint density at radius 1 is 0.808 bits per heavy atom. The average molecular weight is 467 g/mol. The molecule has 0 saturated heterocycles. The summed E-state index contributed by atoms with van der Waals surface area (Å²) in [4.78, 5) is 0. The molecule has 2 nitrogen and oxygen atoms in total. The third-order valence-corrected chi connectivity index (χ3v) is 5.39. The Labute approximate surface area is 161 Å². The Kier molecular flexibility index (Phi) is 4.10. The summed E-state index contributed by atoms with van der Waals surface area (Å²) >= 11 is 2.15. The highest BCUT2D eigenvalue weighted by Gasteiger charge is 2.34. The van der Waals surface area contributed by atoms with Crippen molar-refractivity contribution in [1.29, 1.82) is 0 Å². The number of benzene rings is 3. The zero-order valence-electron chi connectivity index (χ0n) is 13.6. The van der Waals surface area contributed by atoms with Gasteiger partial charge in [0.25, 0.3) is 0 Å². The van der Waals surface area contributed by atoms with Gasteiger partial charge in [-0.1, -0.05) is 42.5 Å². The maximum atomic E-state index is 13.4. The molecular weight excluding hydrogens is 454 g/mol. The predicted molar refractivity (Wildman–Crippen MR) is 106 cm³/mol. The van der Waals surface area contributed by atoms with Gasteiger partial charge in [-0.25, -0.2) is 0 Å². The number of hydrogen-bond donors (Lipinski definition) is 0. The topological polar surface area (TPSA) is 16.4 Å². The SMILES string of the molecule is Cc1ccccc1N(I)c1cccc2c1oc1c(C(F)(F)F)cccc12. The van der Waals surface area contributed by atoms with Crippen molar-refractivity contribution in [3.05, 3.63) is 71.8 Å². The number of alkyl halides is 3. The fourth-order valence-electron chi connectivity index (χ4n) is 3.10. The maximum absolute atomic E-state index is 13.4. The van der Waals surface area contributed by atoms with Gasteiger partial charge in [0.15, 0.2) is 5.58 Å². The Balaban J connectivity index is 1.99. The zero-order valence-corrected chi connectivity index (χ0v) is 15.8. The van der Waals surface area contributed by atoms with E-state index in [-0.39, 0.29) is 5.58 Å². The molecule has 3 aromatic carbocycles. The number of hydrogen-bond acceptors (Lipinski definition) is 2. The Morgan fingerprint density at radius 3 is 2.12 bits per heavy atom. The molecule has 0 bridgehead atoms. The first-order chi connectivity index (χ1) is 12.4. The van der Waals surface area contributed by atoms with Crippen LogP contribution in [0.5, 0.6) is 0 Å². The molecule has 0 saturated carbocycles. The summed E-state index contributed by atoms with van der Waals surface area (Å²) in [5.74, 6) is 0. The smallest absolute Gasteiger partial charge is 0.420 e. The van der Waals surface area contributed by atoms with Crippen LogP contribution in [0.1, 0.15) is 11.1 Å². The molecule has 0 aliphatic heterocycles. The minimum absolute atomic E-state index is 0.128. The molecule has 0 spiro atoms. The van der Waals surface area contributed by atoms with Gasteiger partial charge in [-0.15, -0.1) is 0 Å². The quantitative estimate of drug-likeness (QED) is 0.226. The van der Waals surface area contributed by atoms with E-state index in [4.69, 9.17) is 4.42 Å². The summed E-state index contributed by atoms with van der Waals surface area (Å²) < 4.78 is 47.7. The van der Waals surface area contributed by atoms with E-state index in [2.05, 4.69) is 22.9 Å². The molecule has 132 valence electrons. The van der Waals surface area contributed by atoms with E-state index >= 15 is 0 Å². The molecule has 4 rings (SSSR count). The molecular formula is C20H13F3INO. The number of rotatable bonds is 2. The van der Waals surface area contributed by atoms with E-state index in [9.17, 15) is 13.2 Å². The lowest BCUT2D eigenvalue weighted by atomic mass is 10.1. The molecule has 0 N–H and O–H groups in total. The molecule has 0 atom stereocenters. The standard InChI is InChI=1S/C20H13F3INO/c1-12-6-2-3-10-16(12)25(24)17-11-5-8-14-13-7-4-9-15(20(21,22)23)18(13)26-19(14)17/h2-11H,1H3. The first-order valence-electron chi connectivity index (χ1n) is 7.91. The summed E-state index contributed by atoms with van der Waals surface area (Å²) in [5.41, 5.74) is 2.28. The molecule has 26 heavy (non-hydrogen) atoms. The highest BCUT2D eigenvalue weighted by molar-refractivity contribution is 14.1. The minimum Gasteiger partial charge on any atom is -0.453 e. The highest BCUT2D eigenvalue weighted by Crippen LogP contribution is 2.43. The van der Waals surface area contributed by atoms with Gasteiger partial charge in [0, 0.05) is 10.8 Å². The van der Waals surface area contributed by atoms with Gasteiger partial charge in [0.2, 0.25) is 0 Å². The molecule has 0 aliphatic carbocycles. The van der Waals surface area contributed by atoms with Crippen molar-refractivity contribution in [3.8, 4) is 0 Å². The predicted octanol–water partition coefficient (Wildman–Crippen LogP) is 7.40. The van der Waals surface area contributed by atoms with Crippen molar-refractivity contribution in [2.75, 3.05) is 3.11 Å². The number of fused-ring (bicyclic) bond motifs is 3. The van der Waals surface area contributed by atoms with E-state index in [1.807, 2.05) is 46.4 Å². The molecule has 4 aromatic rings. The average Bonchev–Trinajstić information content (AvgIpc) is 2.99. The second kappa shape index (κ2) is 6.19. The highest BCUT2D eigenvalue weighted by atomic mass is 127. The molecule has 0 amide bonds. The summed E-state index contributed by atoms with van der Waals surface area (Å²) in [6, 6.07) is 17.4. The second-order valence-electron chi connectivity index (χ2n) is 6.00. The number of para-hydroxylation sites is 3. The van der Waals surface area contributed by atoms with Crippen LogP contribution in [0.15, 0.2) is 65.1 Å². The van der Waals surface area contributed by atoms with E-state index in [0.717, 1.165) is 17.3 Å². The van der Waals surface area contributed by atoms with Crippen molar-refractivity contribution in [2.24, 2.45) is 0 Å². The number of furan rings is 1. The van der Waals surface area contributed by atoms with E-state index in [0.29, 0.717) is 22.0 Å². The fraction of sp³-hybridized carbons (Fsp3) is 0.100. The van der Waals surface area contributed by atoms with E-state index < -0.39 is 11.7 Å². The number of nitrogens with zero attached hydrogens (tertiary/aromatic N) is 1. The normalized spacial score (nSPS) is 12.0. The first-order valence-corrected chi connectivity index (χ1v) is 8.87. The summed E-state index contributed by atoms with van der Waals surface area (Å²) in [5, 5.41) is 1.13. The van der Waals surface area contributed by atoms with Crippen LogP contribution < -0.4 is 3.11 Å². The number of aryl methyl sites for hydroxylation is 1. The lowest BCUT2D eigenvalue weighted by Gasteiger charge is -2.19. The largest absolute Gasteiger partial charge is 0.453 e. The van der Waals surface area contributed by atoms with Crippen LogP contribution in [0.25, 0.3) is 21.9 Å². The van der Waals surface area contributed by atoms with Gasteiger partial charge in [0.1, 0.15) is 5.58 Å². The van der Waals surface area contributed by atoms with Crippen molar-refractivity contribution < 1.29 is 17.6 Å². The summed E-state index contributed by atoms with van der Waals surface area (Å²) in [6.07, 6.45) is -4.46. The van der Waals surface area contributed by atoms with Crippen LogP contribution in [0.3, 0.4) is 0 Å². The number of anilines is 2. The molecule has 6 heteroatoms. The summed E-state index contributed by atoms with van der Waals surface area (Å²) in [6.45, 7) is 1.99. The fourth-order valence-corrected chi connectivity index (χ4v) is 4.02. The minimum atomic E-state index is -4.46. The van der Waals surface area contributed by atoms with Crippen LogP contribution in [0.4, 0.5) is 24.5 Å².